The van der Waals surface area contributed by atoms with Crippen LogP contribution in [0, 0.1) is 0 Å². The van der Waals surface area contributed by atoms with Crippen molar-refractivity contribution in [1.29, 1.82) is 0 Å². The summed E-state index contributed by atoms with van der Waals surface area (Å²) < 4.78 is 0. The van der Waals surface area contributed by atoms with Crippen LogP contribution < -0.4 is 5.73 Å². The minimum absolute atomic E-state index is 0.165. The molecule has 0 aromatic rings. The van der Waals surface area contributed by atoms with E-state index in [-0.39, 0.29) is 11.9 Å². The summed E-state index contributed by atoms with van der Waals surface area (Å²) in [6.07, 6.45) is 7.85. The fourth-order valence-corrected chi connectivity index (χ4v) is 3.65. The molecule has 4 nitrogen and oxygen atoms in total. The van der Waals surface area contributed by atoms with Crippen LogP contribution in [0.3, 0.4) is 0 Å². The SMILES string of the molecule is CSCC[C@H](N)C(=O)N1CCCC(N2CCCC2)C1. The number of thioether (sulfide) groups is 1. The van der Waals surface area contributed by atoms with Crippen LogP contribution in [0.2, 0.25) is 0 Å². The molecule has 2 aliphatic rings. The van der Waals surface area contributed by atoms with Crippen LogP contribution in [0.5, 0.6) is 0 Å². The normalized spacial score (nSPS) is 26.6. The number of piperidine rings is 1. The number of amides is 1. The Balaban J connectivity index is 1.83. The molecule has 2 fully saturated rings. The maximum atomic E-state index is 12.3. The Morgan fingerprint density at radius 3 is 2.74 bits per heavy atom. The molecule has 0 saturated carbocycles. The zero-order valence-electron chi connectivity index (χ0n) is 12.0. The summed E-state index contributed by atoms with van der Waals surface area (Å²) in [5.41, 5.74) is 6.01. The standard InChI is InChI=1S/C14H27N3OS/c1-19-10-6-13(15)14(18)17-9-4-5-12(11-17)16-7-2-3-8-16/h12-13H,2-11,15H2,1H3/t12?,13-/m0/s1. The number of carbonyl (C=O) groups excluding carboxylic acids is 1. The first-order valence-corrected chi connectivity index (χ1v) is 8.89. The van der Waals surface area contributed by atoms with Gasteiger partial charge >= 0.3 is 0 Å². The monoisotopic (exact) mass is 285 g/mol. The Bertz CT molecular complexity index is 294. The molecular weight excluding hydrogens is 258 g/mol. The summed E-state index contributed by atoms with van der Waals surface area (Å²) in [4.78, 5) is 16.9. The predicted molar refractivity (Wildman–Crippen MR) is 81.4 cm³/mol. The highest BCUT2D eigenvalue weighted by molar-refractivity contribution is 7.98. The van der Waals surface area contributed by atoms with Crippen LogP contribution in [0.15, 0.2) is 0 Å². The molecule has 0 spiro atoms. The van der Waals surface area contributed by atoms with E-state index in [9.17, 15) is 4.79 Å². The average molecular weight is 285 g/mol. The van der Waals surface area contributed by atoms with Gasteiger partial charge in [0.15, 0.2) is 0 Å². The van der Waals surface area contributed by atoms with Gasteiger partial charge in [-0.2, -0.15) is 11.8 Å². The van der Waals surface area contributed by atoms with E-state index < -0.39 is 0 Å². The zero-order valence-corrected chi connectivity index (χ0v) is 12.8. The molecule has 2 rings (SSSR count). The quantitative estimate of drug-likeness (QED) is 0.823. The van der Waals surface area contributed by atoms with Gasteiger partial charge in [-0.15, -0.1) is 0 Å². The zero-order chi connectivity index (χ0) is 13.7. The van der Waals surface area contributed by atoms with Crippen molar-refractivity contribution in [3.05, 3.63) is 0 Å². The van der Waals surface area contributed by atoms with Crippen molar-refractivity contribution < 1.29 is 4.79 Å². The van der Waals surface area contributed by atoms with Gasteiger partial charge in [-0.05, 0) is 57.2 Å². The molecule has 2 atom stereocenters. The molecule has 0 aliphatic carbocycles. The van der Waals surface area contributed by atoms with Crippen LogP contribution in [-0.2, 0) is 4.79 Å². The topological polar surface area (TPSA) is 49.6 Å². The van der Waals surface area contributed by atoms with Gasteiger partial charge in [-0.25, -0.2) is 0 Å². The van der Waals surface area contributed by atoms with Crippen molar-refractivity contribution in [1.82, 2.24) is 9.80 Å². The molecule has 0 aromatic heterocycles. The molecular formula is C14H27N3OS. The lowest BCUT2D eigenvalue weighted by Gasteiger charge is -2.38. The summed E-state index contributed by atoms with van der Waals surface area (Å²) in [6, 6.07) is 0.276. The molecule has 1 amide bonds. The number of likely N-dealkylation sites (tertiary alicyclic amines) is 2. The molecule has 0 radical (unpaired) electrons. The molecule has 0 aromatic carbocycles. The molecule has 2 N–H and O–H groups in total. The third-order valence-electron chi connectivity index (χ3n) is 4.32. The fourth-order valence-electron chi connectivity index (χ4n) is 3.16. The first kappa shape index (κ1) is 15.1. The minimum atomic E-state index is -0.301. The highest BCUT2D eigenvalue weighted by Crippen LogP contribution is 2.21. The number of hydrogen-bond donors (Lipinski definition) is 1. The smallest absolute Gasteiger partial charge is 0.239 e. The van der Waals surface area contributed by atoms with E-state index in [2.05, 4.69) is 11.2 Å². The Morgan fingerprint density at radius 2 is 2.05 bits per heavy atom. The molecule has 2 aliphatic heterocycles. The Kier molecular flexibility index (Phi) is 5.98. The summed E-state index contributed by atoms with van der Waals surface area (Å²) in [6.45, 7) is 4.22. The third kappa shape index (κ3) is 4.10. The maximum absolute atomic E-state index is 12.3. The lowest BCUT2D eigenvalue weighted by atomic mass is 10.0. The largest absolute Gasteiger partial charge is 0.340 e. The van der Waals surface area contributed by atoms with E-state index in [0.29, 0.717) is 6.04 Å². The van der Waals surface area contributed by atoms with Gasteiger partial charge in [0.2, 0.25) is 5.91 Å². The first-order valence-electron chi connectivity index (χ1n) is 7.49. The second-order valence-electron chi connectivity index (χ2n) is 5.71. The molecule has 110 valence electrons. The van der Waals surface area contributed by atoms with Crippen LogP contribution >= 0.6 is 11.8 Å². The molecule has 2 heterocycles. The highest BCUT2D eigenvalue weighted by Gasteiger charge is 2.30. The summed E-state index contributed by atoms with van der Waals surface area (Å²) in [5, 5.41) is 0. The van der Waals surface area contributed by atoms with Gasteiger partial charge in [0, 0.05) is 19.1 Å². The van der Waals surface area contributed by atoms with Gasteiger partial charge < -0.3 is 10.6 Å². The number of nitrogens with two attached hydrogens (primary N) is 1. The van der Waals surface area contributed by atoms with Crippen molar-refractivity contribution in [2.45, 2.75) is 44.2 Å². The van der Waals surface area contributed by atoms with Gasteiger partial charge in [0.05, 0.1) is 6.04 Å². The second-order valence-corrected chi connectivity index (χ2v) is 6.70. The lowest BCUT2D eigenvalue weighted by Crippen LogP contribution is -2.53. The van der Waals surface area contributed by atoms with Crippen molar-refractivity contribution in [2.75, 3.05) is 38.2 Å². The molecule has 0 bridgehead atoms. The van der Waals surface area contributed by atoms with Gasteiger partial charge in [0.25, 0.3) is 0 Å². The van der Waals surface area contributed by atoms with Crippen LogP contribution in [-0.4, -0.2) is 66.0 Å². The van der Waals surface area contributed by atoms with Crippen molar-refractivity contribution in [2.24, 2.45) is 5.73 Å². The molecule has 19 heavy (non-hydrogen) atoms. The summed E-state index contributed by atoms with van der Waals surface area (Å²) in [5.74, 6) is 1.13. The Morgan fingerprint density at radius 1 is 1.32 bits per heavy atom. The van der Waals surface area contributed by atoms with Crippen LogP contribution in [0.25, 0.3) is 0 Å². The summed E-state index contributed by atoms with van der Waals surface area (Å²) >= 11 is 1.76. The van der Waals surface area contributed by atoms with Crippen molar-refractivity contribution in [3.8, 4) is 0 Å². The second kappa shape index (κ2) is 7.50. The number of rotatable bonds is 5. The van der Waals surface area contributed by atoms with Crippen LogP contribution in [0.1, 0.15) is 32.1 Å². The van der Waals surface area contributed by atoms with Gasteiger partial charge in [0.1, 0.15) is 0 Å². The molecule has 1 unspecified atom stereocenters. The number of carbonyl (C=O) groups is 1. The fraction of sp³-hybridized carbons (Fsp3) is 0.929. The summed E-state index contributed by atoms with van der Waals surface area (Å²) in [7, 11) is 0. The third-order valence-corrected chi connectivity index (χ3v) is 4.96. The van der Waals surface area contributed by atoms with E-state index in [1.54, 1.807) is 11.8 Å². The number of nitrogens with zero attached hydrogens (tertiary/aromatic N) is 2. The van der Waals surface area contributed by atoms with Gasteiger partial charge in [-0.3, -0.25) is 9.69 Å². The first-order chi connectivity index (χ1) is 9.22. The van der Waals surface area contributed by atoms with E-state index in [0.717, 1.165) is 31.7 Å². The minimum Gasteiger partial charge on any atom is -0.340 e. The Hall–Kier alpha value is -0.260. The molecule has 2 saturated heterocycles. The highest BCUT2D eigenvalue weighted by atomic mass is 32.2. The number of hydrogen-bond acceptors (Lipinski definition) is 4. The van der Waals surface area contributed by atoms with E-state index in [1.165, 1.54) is 32.4 Å². The van der Waals surface area contributed by atoms with Gasteiger partial charge in [-0.1, -0.05) is 0 Å². The van der Waals surface area contributed by atoms with E-state index in [4.69, 9.17) is 5.73 Å². The lowest BCUT2D eigenvalue weighted by molar-refractivity contribution is -0.134. The van der Waals surface area contributed by atoms with Crippen molar-refractivity contribution in [3.63, 3.8) is 0 Å². The van der Waals surface area contributed by atoms with E-state index in [1.807, 2.05) is 4.90 Å². The maximum Gasteiger partial charge on any atom is 0.239 e. The predicted octanol–water partition coefficient (Wildman–Crippen LogP) is 1.15. The Labute approximate surface area is 121 Å². The average Bonchev–Trinajstić information content (AvgIpc) is 2.98. The van der Waals surface area contributed by atoms with E-state index >= 15 is 0 Å². The molecule has 5 heteroatoms. The van der Waals surface area contributed by atoms with Crippen LogP contribution in [0.4, 0.5) is 0 Å². The van der Waals surface area contributed by atoms with Crippen molar-refractivity contribution >= 4 is 17.7 Å².